The van der Waals surface area contributed by atoms with Gasteiger partial charge in [-0.05, 0) is 84.7 Å². The van der Waals surface area contributed by atoms with Crippen LogP contribution >= 0.6 is 11.8 Å². The molecule has 8 nitrogen and oxygen atoms in total. The molecule has 2 unspecified atom stereocenters. The minimum Gasteiger partial charge on any atom is -0.480 e. The number of thioether (sulfide) groups is 1. The molecule has 0 radical (unpaired) electrons. The second-order valence-electron chi connectivity index (χ2n) is 10.9. The molecule has 3 aromatic rings. The van der Waals surface area contributed by atoms with E-state index in [-0.39, 0.29) is 12.5 Å². The molecular formula is C37H54N2O6S. The molecule has 0 aliphatic carbocycles. The Labute approximate surface area is 280 Å². The second kappa shape index (κ2) is 24.0. The zero-order chi connectivity index (χ0) is 34.3. The number of hydrogen-bond donors (Lipinski definition) is 4. The van der Waals surface area contributed by atoms with E-state index in [4.69, 9.17) is 14.9 Å². The molecule has 254 valence electrons. The number of carboxylic acids is 1. The van der Waals surface area contributed by atoms with Gasteiger partial charge in [-0.1, -0.05) is 80.9 Å². The lowest BCUT2D eigenvalue weighted by molar-refractivity contribution is -0.139. The fourth-order valence-corrected chi connectivity index (χ4v) is 5.49. The number of aryl methyl sites for hydroxylation is 1. The minimum atomic E-state index is -1.01. The first-order chi connectivity index (χ1) is 22.3. The van der Waals surface area contributed by atoms with E-state index in [0.29, 0.717) is 23.8 Å². The third-order valence-corrected chi connectivity index (χ3v) is 7.89. The minimum absolute atomic E-state index is 0.140. The SMILES string of the molecule is CCC.CO.COCC1CCCN1Cc1ccc(C(=O)NC(CCSC)C(=O)O)c(-c2ccccc2C)c1.OCc1ccccc1. The number of nitrogens with one attached hydrogen (secondary N) is 1. The molecule has 0 spiro atoms. The molecule has 2 atom stereocenters. The number of aliphatic carboxylic acids is 1. The average Bonchev–Trinajstić information content (AvgIpc) is 3.51. The Balaban J connectivity index is 0.000000684. The largest absolute Gasteiger partial charge is 0.480 e. The summed E-state index contributed by atoms with van der Waals surface area (Å²) in [5.74, 6) is -0.698. The third-order valence-electron chi connectivity index (χ3n) is 7.25. The van der Waals surface area contributed by atoms with Crippen LogP contribution in [0.4, 0.5) is 0 Å². The van der Waals surface area contributed by atoms with Crippen LogP contribution in [0.5, 0.6) is 0 Å². The monoisotopic (exact) mass is 654 g/mol. The molecule has 1 fully saturated rings. The van der Waals surface area contributed by atoms with E-state index in [9.17, 15) is 14.7 Å². The van der Waals surface area contributed by atoms with Crippen molar-refractivity contribution < 1.29 is 29.6 Å². The van der Waals surface area contributed by atoms with Gasteiger partial charge in [0.15, 0.2) is 0 Å². The number of aliphatic hydroxyl groups excluding tert-OH is 2. The molecule has 1 heterocycles. The van der Waals surface area contributed by atoms with E-state index in [1.165, 1.54) is 6.42 Å². The van der Waals surface area contributed by atoms with Crippen LogP contribution in [0.15, 0.2) is 72.8 Å². The van der Waals surface area contributed by atoms with Gasteiger partial charge in [-0.25, -0.2) is 4.79 Å². The van der Waals surface area contributed by atoms with E-state index in [1.54, 1.807) is 18.9 Å². The van der Waals surface area contributed by atoms with Crippen LogP contribution < -0.4 is 5.32 Å². The third kappa shape index (κ3) is 14.1. The van der Waals surface area contributed by atoms with E-state index < -0.39 is 12.0 Å². The number of rotatable bonds is 12. The number of ether oxygens (including phenoxy) is 1. The van der Waals surface area contributed by atoms with Gasteiger partial charge in [-0.2, -0.15) is 11.8 Å². The van der Waals surface area contributed by atoms with Gasteiger partial charge in [-0.15, -0.1) is 0 Å². The molecule has 0 aromatic heterocycles. The normalized spacial score (nSPS) is 14.4. The van der Waals surface area contributed by atoms with E-state index >= 15 is 0 Å². The summed E-state index contributed by atoms with van der Waals surface area (Å²) in [7, 11) is 2.74. The van der Waals surface area contributed by atoms with E-state index in [2.05, 4.69) is 30.1 Å². The van der Waals surface area contributed by atoms with Gasteiger partial charge < -0.3 is 25.4 Å². The maximum Gasteiger partial charge on any atom is 0.326 e. The molecule has 1 amide bonds. The van der Waals surface area contributed by atoms with Gasteiger partial charge in [-0.3, -0.25) is 9.69 Å². The molecule has 4 N–H and O–H groups in total. The van der Waals surface area contributed by atoms with Crippen LogP contribution in [-0.4, -0.2) is 83.6 Å². The molecule has 46 heavy (non-hydrogen) atoms. The second-order valence-corrected chi connectivity index (χ2v) is 11.9. The van der Waals surface area contributed by atoms with Crippen LogP contribution in [0.2, 0.25) is 0 Å². The van der Waals surface area contributed by atoms with Crippen LogP contribution in [-0.2, 0) is 22.7 Å². The first-order valence-corrected chi connectivity index (χ1v) is 17.2. The van der Waals surface area contributed by atoms with Crippen LogP contribution in [0.3, 0.4) is 0 Å². The lowest BCUT2D eigenvalue weighted by Crippen LogP contribution is -2.41. The molecule has 0 bridgehead atoms. The van der Waals surface area contributed by atoms with Crippen molar-refractivity contribution in [3.05, 3.63) is 95.1 Å². The average molecular weight is 655 g/mol. The Morgan fingerprint density at radius 1 is 1.00 bits per heavy atom. The summed E-state index contributed by atoms with van der Waals surface area (Å²) in [6.45, 7) is 8.96. The van der Waals surface area contributed by atoms with Gasteiger partial charge in [0.05, 0.1) is 13.2 Å². The number of methoxy groups -OCH3 is 1. The lowest BCUT2D eigenvalue weighted by atomic mass is 9.93. The number of hydrogen-bond acceptors (Lipinski definition) is 7. The number of amides is 1. The highest BCUT2D eigenvalue weighted by Gasteiger charge is 2.26. The number of carbonyl (C=O) groups excluding carboxylic acids is 1. The highest BCUT2D eigenvalue weighted by Crippen LogP contribution is 2.30. The van der Waals surface area contributed by atoms with Gasteiger partial charge >= 0.3 is 5.97 Å². The Morgan fingerprint density at radius 2 is 1.65 bits per heavy atom. The smallest absolute Gasteiger partial charge is 0.326 e. The maximum absolute atomic E-state index is 13.2. The summed E-state index contributed by atoms with van der Waals surface area (Å²) in [4.78, 5) is 27.3. The standard InChI is InChI=1S/C26H34N2O4S.C7H8O.C3H8.CH4O/c1-18-7-4-5-9-21(18)23-15-19(16-28-13-6-8-20(28)17-32-2)10-11-22(23)25(29)27-24(26(30)31)12-14-33-3;8-6-7-4-2-1-3-5-7;1-3-2;1-2/h4-5,7,9-11,15,20,24H,6,8,12-14,16-17H2,1-3H3,(H,27,29)(H,30,31);1-5,8H,6H2;3H2,1-2H3;2H,1H3. The van der Waals surface area contributed by atoms with Crippen LogP contribution in [0, 0.1) is 6.92 Å². The number of nitrogens with zero attached hydrogens (tertiary/aromatic N) is 1. The lowest BCUT2D eigenvalue weighted by Gasteiger charge is -2.24. The highest BCUT2D eigenvalue weighted by atomic mass is 32.2. The molecule has 1 saturated heterocycles. The molecule has 3 aromatic carbocycles. The fraction of sp³-hybridized carbons (Fsp3) is 0.459. The van der Waals surface area contributed by atoms with Crippen molar-refractivity contribution in [1.29, 1.82) is 0 Å². The van der Waals surface area contributed by atoms with Crippen molar-refractivity contribution in [3.8, 4) is 11.1 Å². The van der Waals surface area contributed by atoms with Gasteiger partial charge in [0, 0.05) is 32.4 Å². The van der Waals surface area contributed by atoms with Crippen molar-refractivity contribution in [2.75, 3.05) is 39.4 Å². The predicted molar refractivity (Wildman–Crippen MR) is 190 cm³/mol. The van der Waals surface area contributed by atoms with Gasteiger partial charge in [0.2, 0.25) is 0 Å². The summed E-state index contributed by atoms with van der Waals surface area (Å²) in [5.41, 5.74) is 5.48. The Morgan fingerprint density at radius 3 is 2.22 bits per heavy atom. The zero-order valence-corrected chi connectivity index (χ0v) is 29.2. The number of aliphatic hydroxyl groups is 2. The number of likely N-dealkylation sites (tertiary alicyclic amines) is 1. The first kappa shape index (κ1) is 40.8. The Hall–Kier alpha value is -3.21. The molecule has 1 aliphatic rings. The molecular weight excluding hydrogens is 600 g/mol. The van der Waals surface area contributed by atoms with Crippen molar-refractivity contribution in [3.63, 3.8) is 0 Å². The highest BCUT2D eigenvalue weighted by molar-refractivity contribution is 7.98. The summed E-state index contributed by atoms with van der Waals surface area (Å²) in [5, 5.41) is 27.8. The van der Waals surface area contributed by atoms with Gasteiger partial charge in [0.25, 0.3) is 5.91 Å². The van der Waals surface area contributed by atoms with Crippen molar-refractivity contribution >= 4 is 23.6 Å². The fourth-order valence-electron chi connectivity index (χ4n) is 5.02. The molecule has 9 heteroatoms. The summed E-state index contributed by atoms with van der Waals surface area (Å²) >= 11 is 1.56. The molecule has 0 saturated carbocycles. The summed E-state index contributed by atoms with van der Waals surface area (Å²) in [6, 6.07) is 22.9. The number of carbonyl (C=O) groups is 2. The van der Waals surface area contributed by atoms with Crippen LogP contribution in [0.25, 0.3) is 11.1 Å². The van der Waals surface area contributed by atoms with Crippen molar-refractivity contribution in [2.45, 2.75) is 71.7 Å². The summed E-state index contributed by atoms with van der Waals surface area (Å²) < 4.78 is 5.39. The van der Waals surface area contributed by atoms with Crippen LogP contribution in [0.1, 0.15) is 66.6 Å². The molecule has 4 rings (SSSR count). The number of benzene rings is 3. The molecule has 1 aliphatic heterocycles. The van der Waals surface area contributed by atoms with E-state index in [1.807, 2.05) is 79.9 Å². The maximum atomic E-state index is 13.2. The zero-order valence-electron chi connectivity index (χ0n) is 28.4. The first-order valence-electron chi connectivity index (χ1n) is 15.8. The number of carboxylic acid groups (broad SMARTS) is 1. The Kier molecular flexibility index (Phi) is 21.3. The summed E-state index contributed by atoms with van der Waals surface area (Å²) in [6.07, 6.45) is 5.85. The Bertz CT molecular complexity index is 1270. The van der Waals surface area contributed by atoms with Crippen molar-refractivity contribution in [1.82, 2.24) is 10.2 Å². The van der Waals surface area contributed by atoms with E-state index in [0.717, 1.165) is 67.5 Å². The quantitative estimate of drug-likeness (QED) is 0.177. The predicted octanol–water partition coefficient (Wildman–Crippen LogP) is 6.41. The van der Waals surface area contributed by atoms with Gasteiger partial charge in [0.1, 0.15) is 6.04 Å². The topological polar surface area (TPSA) is 119 Å². The van der Waals surface area contributed by atoms with Crippen molar-refractivity contribution in [2.24, 2.45) is 0 Å².